The average Bonchev–Trinajstić information content (AvgIpc) is 2.29. The number of likely N-dealkylation sites (N-methyl/N-ethyl adjacent to an activating group) is 1. The van der Waals surface area contributed by atoms with Crippen LogP contribution >= 0.6 is 0 Å². The van der Waals surface area contributed by atoms with Crippen molar-refractivity contribution in [3.8, 4) is 0 Å². The molecule has 1 saturated heterocycles. The van der Waals surface area contributed by atoms with Crippen molar-refractivity contribution in [3.63, 3.8) is 0 Å². The van der Waals surface area contributed by atoms with Crippen LogP contribution in [0.1, 0.15) is 12.8 Å². The Labute approximate surface area is 90.5 Å². The van der Waals surface area contributed by atoms with Gasteiger partial charge in [0.2, 0.25) is 0 Å². The standard InChI is InChI=1S/C10H20N2O3/c1-12(7-9(11)10(13)14-2)8-3-5-15-6-4-8/h8-9H,3-7,11H2,1-2H3. The fourth-order valence-corrected chi connectivity index (χ4v) is 1.81. The number of rotatable bonds is 4. The van der Waals surface area contributed by atoms with Gasteiger partial charge in [0.25, 0.3) is 0 Å². The summed E-state index contributed by atoms with van der Waals surface area (Å²) >= 11 is 0. The van der Waals surface area contributed by atoms with Crippen LogP contribution in [0.15, 0.2) is 0 Å². The van der Waals surface area contributed by atoms with Crippen molar-refractivity contribution in [3.05, 3.63) is 0 Å². The van der Waals surface area contributed by atoms with Crippen LogP contribution in [-0.4, -0.2) is 56.9 Å². The molecule has 2 N–H and O–H groups in total. The van der Waals surface area contributed by atoms with Crippen LogP contribution in [-0.2, 0) is 14.3 Å². The Morgan fingerprint density at radius 2 is 2.20 bits per heavy atom. The summed E-state index contributed by atoms with van der Waals surface area (Å²) in [6, 6.07) is -0.0858. The first-order valence-electron chi connectivity index (χ1n) is 5.26. The fourth-order valence-electron chi connectivity index (χ4n) is 1.81. The van der Waals surface area contributed by atoms with E-state index in [9.17, 15) is 4.79 Å². The van der Waals surface area contributed by atoms with Crippen LogP contribution < -0.4 is 5.73 Å². The molecule has 1 heterocycles. The molecule has 1 fully saturated rings. The third-order valence-electron chi connectivity index (χ3n) is 2.80. The Morgan fingerprint density at radius 1 is 1.60 bits per heavy atom. The molecule has 0 aromatic heterocycles. The number of carbonyl (C=O) groups is 1. The lowest BCUT2D eigenvalue weighted by molar-refractivity contribution is -0.142. The SMILES string of the molecule is COC(=O)C(N)CN(C)C1CCOCC1. The van der Waals surface area contributed by atoms with Crippen molar-refractivity contribution >= 4 is 5.97 Å². The second-order valence-electron chi connectivity index (χ2n) is 3.91. The van der Waals surface area contributed by atoms with E-state index in [0.29, 0.717) is 12.6 Å². The van der Waals surface area contributed by atoms with Crippen LogP contribution in [0, 0.1) is 0 Å². The van der Waals surface area contributed by atoms with Crippen molar-refractivity contribution in [1.29, 1.82) is 0 Å². The second-order valence-corrected chi connectivity index (χ2v) is 3.91. The first-order chi connectivity index (χ1) is 7.15. The summed E-state index contributed by atoms with van der Waals surface area (Å²) in [5.74, 6) is -0.353. The highest BCUT2D eigenvalue weighted by Gasteiger charge is 2.22. The molecular formula is C10H20N2O3. The number of ether oxygens (including phenoxy) is 2. The Morgan fingerprint density at radius 3 is 2.73 bits per heavy atom. The molecule has 0 amide bonds. The largest absolute Gasteiger partial charge is 0.468 e. The van der Waals surface area contributed by atoms with Crippen molar-refractivity contribution < 1.29 is 14.3 Å². The van der Waals surface area contributed by atoms with Gasteiger partial charge < -0.3 is 20.1 Å². The maximum atomic E-state index is 11.1. The van der Waals surface area contributed by atoms with Gasteiger partial charge in [0, 0.05) is 25.8 Å². The number of hydrogen-bond donors (Lipinski definition) is 1. The van der Waals surface area contributed by atoms with Gasteiger partial charge in [0.15, 0.2) is 0 Å². The van der Waals surface area contributed by atoms with Gasteiger partial charge in [-0.2, -0.15) is 0 Å². The first-order valence-corrected chi connectivity index (χ1v) is 5.26. The lowest BCUT2D eigenvalue weighted by atomic mass is 10.1. The van der Waals surface area contributed by atoms with Crippen LogP contribution in [0.3, 0.4) is 0 Å². The smallest absolute Gasteiger partial charge is 0.323 e. The van der Waals surface area contributed by atoms with Crippen LogP contribution in [0.5, 0.6) is 0 Å². The van der Waals surface area contributed by atoms with E-state index in [-0.39, 0.29) is 5.97 Å². The summed E-state index contributed by atoms with van der Waals surface area (Å²) in [5, 5.41) is 0. The lowest BCUT2D eigenvalue weighted by Gasteiger charge is -2.32. The van der Waals surface area contributed by atoms with E-state index in [4.69, 9.17) is 10.5 Å². The van der Waals surface area contributed by atoms with Gasteiger partial charge >= 0.3 is 5.97 Å². The minimum Gasteiger partial charge on any atom is -0.468 e. The van der Waals surface area contributed by atoms with Crippen molar-refractivity contribution in [2.45, 2.75) is 24.9 Å². The highest BCUT2D eigenvalue weighted by molar-refractivity contribution is 5.75. The highest BCUT2D eigenvalue weighted by atomic mass is 16.5. The molecule has 1 rings (SSSR count). The van der Waals surface area contributed by atoms with Crippen molar-refractivity contribution in [1.82, 2.24) is 4.90 Å². The molecule has 1 aliphatic heterocycles. The van der Waals surface area contributed by atoms with E-state index in [0.717, 1.165) is 26.1 Å². The monoisotopic (exact) mass is 216 g/mol. The zero-order valence-corrected chi connectivity index (χ0v) is 9.44. The molecule has 0 spiro atoms. The number of methoxy groups -OCH3 is 1. The van der Waals surface area contributed by atoms with Gasteiger partial charge in [-0.05, 0) is 19.9 Å². The molecule has 1 atom stereocenters. The quantitative estimate of drug-likeness (QED) is 0.648. The molecular weight excluding hydrogens is 196 g/mol. The summed E-state index contributed by atoms with van der Waals surface area (Å²) < 4.78 is 9.86. The first kappa shape index (κ1) is 12.4. The van der Waals surface area contributed by atoms with Crippen molar-refractivity contribution in [2.24, 2.45) is 5.73 Å². The van der Waals surface area contributed by atoms with E-state index < -0.39 is 6.04 Å². The third-order valence-corrected chi connectivity index (χ3v) is 2.80. The molecule has 0 radical (unpaired) electrons. The van der Waals surface area contributed by atoms with Gasteiger partial charge in [-0.3, -0.25) is 4.79 Å². The summed E-state index contributed by atoms with van der Waals surface area (Å²) in [5.41, 5.74) is 5.69. The molecule has 0 bridgehead atoms. The molecule has 0 aromatic carbocycles. The molecule has 0 aromatic rings. The predicted octanol–water partition coefficient (Wildman–Crippen LogP) is -0.402. The van der Waals surface area contributed by atoms with E-state index in [1.165, 1.54) is 7.11 Å². The fraction of sp³-hybridized carbons (Fsp3) is 0.900. The molecule has 88 valence electrons. The van der Waals surface area contributed by atoms with E-state index in [2.05, 4.69) is 9.64 Å². The Balaban J connectivity index is 2.33. The van der Waals surface area contributed by atoms with Crippen molar-refractivity contribution in [2.75, 3.05) is 33.9 Å². The number of esters is 1. The predicted molar refractivity (Wildman–Crippen MR) is 56.5 cm³/mol. The number of carbonyl (C=O) groups excluding carboxylic acids is 1. The minimum atomic E-state index is -0.553. The van der Waals surface area contributed by atoms with Crippen LogP contribution in [0.2, 0.25) is 0 Å². The second kappa shape index (κ2) is 6.05. The zero-order chi connectivity index (χ0) is 11.3. The Hall–Kier alpha value is -0.650. The molecule has 5 heteroatoms. The van der Waals surface area contributed by atoms with Crippen LogP contribution in [0.4, 0.5) is 0 Å². The van der Waals surface area contributed by atoms with Crippen LogP contribution in [0.25, 0.3) is 0 Å². The molecule has 15 heavy (non-hydrogen) atoms. The van der Waals surface area contributed by atoms with Gasteiger partial charge in [-0.1, -0.05) is 0 Å². The van der Waals surface area contributed by atoms with E-state index >= 15 is 0 Å². The zero-order valence-electron chi connectivity index (χ0n) is 9.44. The lowest BCUT2D eigenvalue weighted by Crippen LogP contribution is -2.47. The number of nitrogens with two attached hydrogens (primary N) is 1. The van der Waals surface area contributed by atoms with Gasteiger partial charge in [-0.15, -0.1) is 0 Å². The molecule has 0 aliphatic carbocycles. The summed E-state index contributed by atoms with van der Waals surface area (Å²) in [6.07, 6.45) is 2.01. The molecule has 1 aliphatic rings. The summed E-state index contributed by atoms with van der Waals surface area (Å²) in [6.45, 7) is 2.13. The van der Waals surface area contributed by atoms with Gasteiger partial charge in [0.1, 0.15) is 6.04 Å². The van der Waals surface area contributed by atoms with E-state index in [1.54, 1.807) is 0 Å². The number of hydrogen-bond acceptors (Lipinski definition) is 5. The average molecular weight is 216 g/mol. The Kier molecular flexibility index (Phi) is 5.01. The number of nitrogens with zero attached hydrogens (tertiary/aromatic N) is 1. The van der Waals surface area contributed by atoms with E-state index in [1.807, 2.05) is 7.05 Å². The maximum absolute atomic E-state index is 11.1. The normalized spacial score (nSPS) is 20.3. The Bertz CT molecular complexity index is 205. The summed E-state index contributed by atoms with van der Waals surface area (Å²) in [7, 11) is 3.34. The molecule has 5 nitrogen and oxygen atoms in total. The van der Waals surface area contributed by atoms with Gasteiger partial charge in [-0.25, -0.2) is 0 Å². The highest BCUT2D eigenvalue weighted by Crippen LogP contribution is 2.12. The summed E-state index contributed by atoms with van der Waals surface area (Å²) in [4.78, 5) is 13.2. The third kappa shape index (κ3) is 3.77. The maximum Gasteiger partial charge on any atom is 0.323 e. The minimum absolute atomic E-state index is 0.353. The topological polar surface area (TPSA) is 64.8 Å². The molecule has 0 saturated carbocycles. The molecule has 1 unspecified atom stereocenters. The van der Waals surface area contributed by atoms with Gasteiger partial charge in [0.05, 0.1) is 7.11 Å².